The molecule has 1 atom stereocenters. The number of hydrogen-bond donors (Lipinski definition) is 0. The minimum Gasteiger partial charge on any atom is -0.461 e. The van der Waals surface area contributed by atoms with Gasteiger partial charge in [-0.1, -0.05) is 0 Å². The molecule has 1 rings (SSSR count). The second kappa shape index (κ2) is 7.48. The van der Waals surface area contributed by atoms with Crippen molar-refractivity contribution in [3.8, 4) is 0 Å². The van der Waals surface area contributed by atoms with Crippen molar-refractivity contribution in [1.29, 1.82) is 0 Å². The van der Waals surface area contributed by atoms with Crippen LogP contribution >= 0.6 is 0 Å². The first kappa shape index (κ1) is 19.0. The molecule has 0 N–H and O–H groups in total. The maximum Gasteiger partial charge on any atom is 0.415 e. The summed E-state index contributed by atoms with van der Waals surface area (Å²) in [6.07, 6.45) is 1.01. The lowest BCUT2D eigenvalue weighted by atomic mass is 10.1. The van der Waals surface area contributed by atoms with Crippen LogP contribution < -0.4 is 0 Å². The minimum absolute atomic E-state index is 0.290. The molecule has 7 heteroatoms. The highest BCUT2D eigenvalue weighted by Crippen LogP contribution is 2.25. The minimum atomic E-state index is -0.799. The van der Waals surface area contributed by atoms with Crippen molar-refractivity contribution < 1.29 is 28.6 Å². The van der Waals surface area contributed by atoms with Crippen LogP contribution in [0.2, 0.25) is 0 Å². The van der Waals surface area contributed by atoms with Crippen molar-refractivity contribution in [3.05, 3.63) is 12.0 Å². The van der Waals surface area contributed by atoms with Crippen LogP contribution in [-0.2, 0) is 23.8 Å². The van der Waals surface area contributed by atoms with E-state index in [9.17, 15) is 14.4 Å². The number of carbonyl (C=O) groups is 3. The van der Waals surface area contributed by atoms with Gasteiger partial charge in [0.1, 0.15) is 17.4 Å². The number of rotatable bonds is 3. The van der Waals surface area contributed by atoms with Gasteiger partial charge in [0.05, 0.1) is 6.10 Å². The van der Waals surface area contributed by atoms with Gasteiger partial charge in [-0.3, -0.25) is 9.69 Å². The molecule has 0 unspecified atom stereocenters. The molecule has 0 spiro atoms. The topological polar surface area (TPSA) is 82.1 Å². The molecular weight excluding hydrogens is 302 g/mol. The summed E-state index contributed by atoms with van der Waals surface area (Å²) in [6, 6.07) is -0.799. The van der Waals surface area contributed by atoms with Crippen molar-refractivity contribution >= 4 is 18.0 Å². The molecule has 1 heterocycles. The number of nitrogens with zero attached hydrogens (tertiary/aromatic N) is 1. The number of esters is 2. The molecule has 0 aromatic rings. The monoisotopic (exact) mass is 327 g/mol. The van der Waals surface area contributed by atoms with E-state index in [0.29, 0.717) is 18.6 Å². The van der Waals surface area contributed by atoms with Gasteiger partial charge in [-0.2, -0.15) is 0 Å². The molecule has 0 fully saturated rings. The summed E-state index contributed by atoms with van der Waals surface area (Å²) >= 11 is 0. The first-order valence-corrected chi connectivity index (χ1v) is 7.60. The van der Waals surface area contributed by atoms with Crippen molar-refractivity contribution in [1.82, 2.24) is 4.90 Å². The average Bonchev–Trinajstić information content (AvgIpc) is 2.34. The summed E-state index contributed by atoms with van der Waals surface area (Å²) in [5, 5.41) is 0. The predicted octanol–water partition coefficient (Wildman–Crippen LogP) is 2.74. The van der Waals surface area contributed by atoms with E-state index in [2.05, 4.69) is 0 Å². The van der Waals surface area contributed by atoms with Crippen LogP contribution in [0.5, 0.6) is 0 Å². The molecule has 0 saturated carbocycles. The predicted molar refractivity (Wildman–Crippen MR) is 82.2 cm³/mol. The average molecular weight is 327 g/mol. The largest absolute Gasteiger partial charge is 0.461 e. The fourth-order valence-corrected chi connectivity index (χ4v) is 2.03. The Morgan fingerprint density at radius 3 is 2.35 bits per heavy atom. The third-order valence-electron chi connectivity index (χ3n) is 2.79. The molecule has 1 aliphatic rings. The third kappa shape index (κ3) is 6.30. The van der Waals surface area contributed by atoms with Gasteiger partial charge < -0.3 is 14.2 Å². The summed E-state index contributed by atoms with van der Waals surface area (Å²) < 4.78 is 15.5. The molecule has 0 radical (unpaired) electrons. The molecule has 0 aliphatic carbocycles. The number of carbonyl (C=O) groups excluding carboxylic acids is 3. The van der Waals surface area contributed by atoms with Crippen LogP contribution in [0, 0.1) is 0 Å². The van der Waals surface area contributed by atoms with Gasteiger partial charge in [-0.05, 0) is 41.0 Å². The fourth-order valence-electron chi connectivity index (χ4n) is 2.03. The molecule has 1 aliphatic heterocycles. The van der Waals surface area contributed by atoms with Gasteiger partial charge in [0.2, 0.25) is 0 Å². The maximum atomic E-state index is 12.4. The fraction of sp³-hybridized carbons (Fsp3) is 0.688. The highest BCUT2D eigenvalue weighted by Gasteiger charge is 2.36. The summed E-state index contributed by atoms with van der Waals surface area (Å²) in [5.74, 6) is -0.676. The number of hydrogen-bond acceptors (Lipinski definition) is 6. The van der Waals surface area contributed by atoms with Crippen LogP contribution in [0.4, 0.5) is 4.79 Å². The van der Waals surface area contributed by atoms with Crippen molar-refractivity contribution in [3.63, 3.8) is 0 Å². The van der Waals surface area contributed by atoms with Crippen molar-refractivity contribution in [2.24, 2.45) is 0 Å². The molecule has 0 saturated heterocycles. The molecule has 130 valence electrons. The number of allylic oxidation sites excluding steroid dienone is 1. The SMILES string of the molecule is CC(=O)OC1=CN(C(=O)OC(C)(C)C)[C@H](C(=O)OC(C)C)CC1. The third-order valence-corrected chi connectivity index (χ3v) is 2.79. The van der Waals surface area contributed by atoms with E-state index in [1.807, 2.05) is 0 Å². The van der Waals surface area contributed by atoms with Crippen LogP contribution in [-0.4, -0.2) is 40.7 Å². The van der Waals surface area contributed by atoms with E-state index >= 15 is 0 Å². The van der Waals surface area contributed by atoms with Crippen LogP contribution in [0.1, 0.15) is 54.4 Å². The normalized spacial score (nSPS) is 18.3. The molecule has 0 aromatic heterocycles. The quantitative estimate of drug-likeness (QED) is 0.585. The second-order valence-electron chi connectivity index (χ2n) is 6.62. The highest BCUT2D eigenvalue weighted by atomic mass is 16.6. The smallest absolute Gasteiger partial charge is 0.415 e. The van der Waals surface area contributed by atoms with Crippen molar-refractivity contribution in [2.75, 3.05) is 0 Å². The van der Waals surface area contributed by atoms with Crippen LogP contribution in [0.15, 0.2) is 12.0 Å². The summed E-state index contributed by atoms with van der Waals surface area (Å²) in [4.78, 5) is 36.8. The van der Waals surface area contributed by atoms with Gasteiger partial charge in [0.25, 0.3) is 0 Å². The Balaban J connectivity index is 3.01. The lowest BCUT2D eigenvalue weighted by Crippen LogP contribution is -2.47. The standard InChI is InChI=1S/C16H25NO6/c1-10(2)21-14(19)13-8-7-12(22-11(3)18)9-17(13)15(20)23-16(4,5)6/h9-10,13H,7-8H2,1-6H3/t13-/m0/s1. The van der Waals surface area contributed by atoms with Gasteiger partial charge >= 0.3 is 18.0 Å². The Kier molecular flexibility index (Phi) is 6.18. The summed E-state index contributed by atoms with van der Waals surface area (Å²) in [7, 11) is 0. The van der Waals surface area contributed by atoms with Crippen LogP contribution in [0.3, 0.4) is 0 Å². The first-order chi connectivity index (χ1) is 10.5. The van der Waals surface area contributed by atoms with Gasteiger partial charge in [-0.15, -0.1) is 0 Å². The van der Waals surface area contributed by atoms with E-state index in [4.69, 9.17) is 14.2 Å². The molecule has 23 heavy (non-hydrogen) atoms. The molecule has 1 amide bonds. The van der Waals surface area contributed by atoms with Gasteiger partial charge in [0.15, 0.2) is 0 Å². The second-order valence-corrected chi connectivity index (χ2v) is 6.62. The zero-order valence-electron chi connectivity index (χ0n) is 14.5. The van der Waals surface area contributed by atoms with Crippen LogP contribution in [0.25, 0.3) is 0 Å². The summed E-state index contributed by atoms with van der Waals surface area (Å²) in [5.41, 5.74) is -0.712. The van der Waals surface area contributed by atoms with Gasteiger partial charge in [-0.25, -0.2) is 9.59 Å². The lowest BCUT2D eigenvalue weighted by Gasteiger charge is -2.33. The van der Waals surface area contributed by atoms with E-state index in [-0.39, 0.29) is 6.10 Å². The maximum absolute atomic E-state index is 12.4. The molecular formula is C16H25NO6. The Bertz CT molecular complexity index is 503. The zero-order chi connectivity index (χ0) is 17.8. The number of amides is 1. The van der Waals surface area contributed by atoms with Gasteiger partial charge in [0, 0.05) is 19.5 Å². The van der Waals surface area contributed by atoms with Crippen molar-refractivity contribution in [2.45, 2.75) is 72.1 Å². The number of ether oxygens (including phenoxy) is 3. The Labute approximate surface area is 136 Å². The molecule has 0 aromatic carbocycles. The Morgan fingerprint density at radius 2 is 1.87 bits per heavy atom. The van der Waals surface area contributed by atoms with E-state index in [1.165, 1.54) is 13.1 Å². The highest BCUT2D eigenvalue weighted by molar-refractivity contribution is 5.83. The zero-order valence-corrected chi connectivity index (χ0v) is 14.5. The lowest BCUT2D eigenvalue weighted by molar-refractivity contribution is -0.153. The molecule has 0 bridgehead atoms. The first-order valence-electron chi connectivity index (χ1n) is 7.60. The molecule has 7 nitrogen and oxygen atoms in total. The summed E-state index contributed by atoms with van der Waals surface area (Å²) in [6.45, 7) is 9.93. The Hall–Kier alpha value is -2.05. The van der Waals surface area contributed by atoms with E-state index in [0.717, 1.165) is 4.90 Å². The van der Waals surface area contributed by atoms with E-state index < -0.39 is 29.7 Å². The Morgan fingerprint density at radius 1 is 1.26 bits per heavy atom. The van der Waals surface area contributed by atoms with E-state index in [1.54, 1.807) is 34.6 Å².